The zero-order chi connectivity index (χ0) is 14.3. The lowest BCUT2D eigenvalue weighted by Gasteiger charge is -2.13. The minimum Gasteiger partial charge on any atom is -0.434 e. The molecule has 0 aliphatic rings. The fourth-order valence-corrected chi connectivity index (χ4v) is 1.84. The largest absolute Gasteiger partial charge is 0.434 e. The standard InChI is InChI=1S/C13H19ClF2N2O/c1-18(2)7-3-6-17-9-10-8-11(14)4-5-12(10)19-13(15)16/h4-5,8,13,17H,3,6-7,9H2,1-2H3. The average Bonchev–Trinajstić information content (AvgIpc) is 2.31. The van der Waals surface area contributed by atoms with Crippen LogP contribution in [-0.4, -0.2) is 38.7 Å². The molecule has 0 fully saturated rings. The van der Waals surface area contributed by atoms with Crippen molar-refractivity contribution < 1.29 is 13.5 Å². The van der Waals surface area contributed by atoms with E-state index in [1.54, 1.807) is 6.07 Å². The predicted molar refractivity (Wildman–Crippen MR) is 73.0 cm³/mol. The molecular weight excluding hydrogens is 274 g/mol. The van der Waals surface area contributed by atoms with Gasteiger partial charge in [0.05, 0.1) is 0 Å². The van der Waals surface area contributed by atoms with Crippen molar-refractivity contribution in [1.29, 1.82) is 0 Å². The Morgan fingerprint density at radius 3 is 2.74 bits per heavy atom. The highest BCUT2D eigenvalue weighted by molar-refractivity contribution is 6.30. The van der Waals surface area contributed by atoms with Crippen LogP contribution < -0.4 is 10.1 Å². The van der Waals surface area contributed by atoms with E-state index in [4.69, 9.17) is 11.6 Å². The Morgan fingerprint density at radius 2 is 2.11 bits per heavy atom. The second kappa shape index (κ2) is 8.30. The Bertz CT molecular complexity index is 389. The van der Waals surface area contributed by atoms with Gasteiger partial charge in [-0.25, -0.2) is 0 Å². The van der Waals surface area contributed by atoms with Gasteiger partial charge in [0.1, 0.15) is 5.75 Å². The van der Waals surface area contributed by atoms with Gasteiger partial charge in [-0.3, -0.25) is 0 Å². The molecule has 0 aliphatic heterocycles. The molecule has 0 aliphatic carbocycles. The van der Waals surface area contributed by atoms with E-state index in [0.717, 1.165) is 19.5 Å². The molecule has 0 radical (unpaired) electrons. The van der Waals surface area contributed by atoms with Crippen LogP contribution in [0.4, 0.5) is 8.78 Å². The van der Waals surface area contributed by atoms with Gasteiger partial charge >= 0.3 is 6.61 Å². The van der Waals surface area contributed by atoms with E-state index >= 15 is 0 Å². The first-order chi connectivity index (χ1) is 8.99. The lowest BCUT2D eigenvalue weighted by Crippen LogP contribution is -2.21. The molecule has 1 aromatic rings. The topological polar surface area (TPSA) is 24.5 Å². The monoisotopic (exact) mass is 292 g/mol. The molecular formula is C13H19ClF2N2O. The molecule has 108 valence electrons. The van der Waals surface area contributed by atoms with E-state index < -0.39 is 6.61 Å². The maximum Gasteiger partial charge on any atom is 0.387 e. The van der Waals surface area contributed by atoms with Crippen molar-refractivity contribution in [1.82, 2.24) is 10.2 Å². The molecule has 0 unspecified atom stereocenters. The van der Waals surface area contributed by atoms with Crippen LogP contribution >= 0.6 is 11.6 Å². The van der Waals surface area contributed by atoms with Crippen molar-refractivity contribution >= 4 is 11.6 Å². The number of hydrogen-bond donors (Lipinski definition) is 1. The zero-order valence-corrected chi connectivity index (χ0v) is 11.9. The molecule has 0 atom stereocenters. The van der Waals surface area contributed by atoms with Gasteiger partial charge in [0.2, 0.25) is 0 Å². The summed E-state index contributed by atoms with van der Waals surface area (Å²) in [4.78, 5) is 2.09. The van der Waals surface area contributed by atoms with Crippen molar-refractivity contribution in [2.24, 2.45) is 0 Å². The van der Waals surface area contributed by atoms with Gasteiger partial charge in [0.15, 0.2) is 0 Å². The molecule has 0 heterocycles. The third kappa shape index (κ3) is 6.71. The molecule has 0 bridgehead atoms. The quantitative estimate of drug-likeness (QED) is 0.746. The van der Waals surface area contributed by atoms with Crippen molar-refractivity contribution in [2.75, 3.05) is 27.2 Å². The summed E-state index contributed by atoms with van der Waals surface area (Å²) < 4.78 is 29.0. The Labute approximate surface area is 117 Å². The number of rotatable bonds is 8. The van der Waals surface area contributed by atoms with Gasteiger partial charge in [0.25, 0.3) is 0 Å². The third-order valence-corrected chi connectivity index (χ3v) is 2.75. The summed E-state index contributed by atoms with van der Waals surface area (Å²) >= 11 is 5.86. The van der Waals surface area contributed by atoms with Gasteiger partial charge in [-0.2, -0.15) is 8.78 Å². The summed E-state index contributed by atoms with van der Waals surface area (Å²) in [6.07, 6.45) is 0.985. The number of nitrogens with zero attached hydrogens (tertiary/aromatic N) is 1. The lowest BCUT2D eigenvalue weighted by atomic mass is 10.2. The SMILES string of the molecule is CN(C)CCCNCc1cc(Cl)ccc1OC(F)F. The summed E-state index contributed by atoms with van der Waals surface area (Å²) in [5.41, 5.74) is 0.637. The molecule has 0 saturated carbocycles. The molecule has 0 saturated heterocycles. The number of nitrogens with one attached hydrogen (secondary N) is 1. The fraction of sp³-hybridized carbons (Fsp3) is 0.538. The van der Waals surface area contributed by atoms with Crippen molar-refractivity contribution in [3.8, 4) is 5.75 Å². The van der Waals surface area contributed by atoms with E-state index in [0.29, 0.717) is 17.1 Å². The fourth-order valence-electron chi connectivity index (χ4n) is 1.64. The second-order valence-corrected chi connectivity index (χ2v) is 4.90. The minimum absolute atomic E-state index is 0.166. The first-order valence-electron chi connectivity index (χ1n) is 6.07. The molecule has 0 amide bonds. The summed E-state index contributed by atoms with van der Waals surface area (Å²) in [6.45, 7) is -0.591. The van der Waals surface area contributed by atoms with Gasteiger partial charge in [-0.05, 0) is 51.8 Å². The molecule has 0 spiro atoms. The van der Waals surface area contributed by atoms with Crippen LogP contribution in [0, 0.1) is 0 Å². The van der Waals surface area contributed by atoms with Crippen molar-refractivity contribution in [3.63, 3.8) is 0 Å². The van der Waals surface area contributed by atoms with E-state index in [2.05, 4.69) is 15.0 Å². The molecule has 19 heavy (non-hydrogen) atoms. The molecule has 1 aromatic carbocycles. The zero-order valence-electron chi connectivity index (χ0n) is 11.1. The lowest BCUT2D eigenvalue weighted by molar-refractivity contribution is -0.0504. The number of ether oxygens (including phenoxy) is 1. The first kappa shape index (κ1) is 16.1. The molecule has 3 nitrogen and oxygen atoms in total. The Hall–Kier alpha value is -0.910. The third-order valence-electron chi connectivity index (χ3n) is 2.51. The van der Waals surface area contributed by atoms with Crippen LogP contribution in [0.2, 0.25) is 5.02 Å². The number of benzene rings is 1. The van der Waals surface area contributed by atoms with Crippen LogP contribution in [0.3, 0.4) is 0 Å². The molecule has 1 rings (SSSR count). The molecule has 0 aromatic heterocycles. The maximum atomic E-state index is 12.3. The highest BCUT2D eigenvalue weighted by Gasteiger charge is 2.09. The van der Waals surface area contributed by atoms with Gasteiger partial charge < -0.3 is 15.0 Å². The summed E-state index contributed by atoms with van der Waals surface area (Å²) in [6, 6.07) is 4.64. The number of halogens is 3. The van der Waals surface area contributed by atoms with Gasteiger partial charge in [-0.1, -0.05) is 11.6 Å². The predicted octanol–water partition coefficient (Wildman–Crippen LogP) is 2.98. The Balaban J connectivity index is 2.48. The minimum atomic E-state index is -2.83. The van der Waals surface area contributed by atoms with Crippen LogP contribution in [0.1, 0.15) is 12.0 Å². The van der Waals surface area contributed by atoms with Crippen LogP contribution in [0.5, 0.6) is 5.75 Å². The summed E-state index contributed by atoms with van der Waals surface area (Å²) in [5, 5.41) is 3.69. The highest BCUT2D eigenvalue weighted by atomic mass is 35.5. The first-order valence-corrected chi connectivity index (χ1v) is 6.45. The van der Waals surface area contributed by atoms with E-state index in [9.17, 15) is 8.78 Å². The normalized spacial score (nSPS) is 11.3. The smallest absolute Gasteiger partial charge is 0.387 e. The Kier molecular flexibility index (Phi) is 7.05. The number of alkyl halides is 2. The Morgan fingerprint density at radius 1 is 1.37 bits per heavy atom. The molecule has 1 N–H and O–H groups in total. The van der Waals surface area contributed by atoms with Crippen molar-refractivity contribution in [2.45, 2.75) is 19.6 Å². The van der Waals surface area contributed by atoms with Crippen LogP contribution in [0.15, 0.2) is 18.2 Å². The summed E-state index contributed by atoms with van der Waals surface area (Å²) in [5.74, 6) is 0.166. The molecule has 6 heteroatoms. The van der Waals surface area contributed by atoms with Gasteiger partial charge in [-0.15, -0.1) is 0 Å². The number of hydrogen-bond acceptors (Lipinski definition) is 3. The van der Waals surface area contributed by atoms with Crippen molar-refractivity contribution in [3.05, 3.63) is 28.8 Å². The van der Waals surface area contributed by atoms with E-state index in [-0.39, 0.29) is 5.75 Å². The second-order valence-electron chi connectivity index (χ2n) is 4.46. The van der Waals surface area contributed by atoms with E-state index in [1.165, 1.54) is 12.1 Å². The van der Waals surface area contributed by atoms with Crippen LogP contribution in [0.25, 0.3) is 0 Å². The summed E-state index contributed by atoms with van der Waals surface area (Å²) in [7, 11) is 4.01. The van der Waals surface area contributed by atoms with Gasteiger partial charge in [0, 0.05) is 17.1 Å². The maximum absolute atomic E-state index is 12.3. The highest BCUT2D eigenvalue weighted by Crippen LogP contribution is 2.24. The average molecular weight is 293 g/mol. The van der Waals surface area contributed by atoms with E-state index in [1.807, 2.05) is 14.1 Å². The van der Waals surface area contributed by atoms with Crippen LogP contribution in [-0.2, 0) is 6.54 Å².